The topological polar surface area (TPSA) is 88.4 Å². The van der Waals surface area contributed by atoms with Gasteiger partial charge in [-0.2, -0.15) is 0 Å². The maximum Gasteiger partial charge on any atom is 0.222 e. The van der Waals surface area contributed by atoms with E-state index >= 15 is 0 Å². The van der Waals surface area contributed by atoms with Crippen LogP contribution in [0, 0.1) is 0 Å². The fourth-order valence-corrected chi connectivity index (χ4v) is 4.12. The fourth-order valence-electron chi connectivity index (χ4n) is 4.12. The van der Waals surface area contributed by atoms with Crippen LogP contribution in [0.5, 0.6) is 0 Å². The van der Waals surface area contributed by atoms with Crippen LogP contribution in [0.1, 0.15) is 45.4 Å². The molecule has 1 unspecified atom stereocenters. The average Bonchev–Trinajstić information content (AvgIpc) is 3.06. The number of aryl methyl sites for hydroxylation is 2. The van der Waals surface area contributed by atoms with Gasteiger partial charge >= 0.3 is 0 Å². The molecule has 2 saturated heterocycles. The zero-order chi connectivity index (χ0) is 17.9. The average molecular weight is 350 g/mol. The van der Waals surface area contributed by atoms with E-state index in [0.717, 1.165) is 38.2 Å². The van der Waals surface area contributed by atoms with Gasteiger partial charge < -0.3 is 25.0 Å². The Kier molecular flexibility index (Phi) is 5.46. The Balaban J connectivity index is 1.61. The first kappa shape index (κ1) is 18.4. The van der Waals surface area contributed by atoms with Crippen LogP contribution in [-0.4, -0.2) is 57.5 Å². The standard InChI is InChI=1S/C18H30N4O3/c1-3-14-20-10-12-22(14)11-4-15(23)21-17(2)7-13-25-18(16(17)24)5-8-19-9-6-18/h10,12,16,19,24H,3-9,11,13H2,1-2H3,(H,21,23)/t16?,17-/m1/s1. The van der Waals surface area contributed by atoms with Gasteiger partial charge in [0.1, 0.15) is 11.9 Å². The Morgan fingerprint density at radius 1 is 1.48 bits per heavy atom. The Bertz CT molecular complexity index is 591. The van der Waals surface area contributed by atoms with Gasteiger partial charge in [-0.1, -0.05) is 6.92 Å². The van der Waals surface area contributed by atoms with E-state index in [1.807, 2.05) is 17.7 Å². The van der Waals surface area contributed by atoms with Gasteiger partial charge in [0.25, 0.3) is 0 Å². The third-order valence-electron chi connectivity index (χ3n) is 5.69. The summed E-state index contributed by atoms with van der Waals surface area (Å²) in [5.74, 6) is 0.946. The van der Waals surface area contributed by atoms with Crippen molar-refractivity contribution in [2.75, 3.05) is 19.7 Å². The summed E-state index contributed by atoms with van der Waals surface area (Å²) in [7, 11) is 0. The minimum Gasteiger partial charge on any atom is -0.388 e. The number of carbonyl (C=O) groups excluding carboxylic acids is 1. The lowest BCUT2D eigenvalue weighted by Gasteiger charge is -2.52. The fraction of sp³-hybridized carbons (Fsp3) is 0.778. The zero-order valence-corrected chi connectivity index (χ0v) is 15.3. The van der Waals surface area contributed by atoms with Crippen LogP contribution in [0.3, 0.4) is 0 Å². The van der Waals surface area contributed by atoms with Crippen molar-refractivity contribution >= 4 is 5.91 Å². The second-order valence-corrected chi connectivity index (χ2v) is 7.42. The molecule has 7 nitrogen and oxygen atoms in total. The molecule has 140 valence electrons. The molecule has 3 heterocycles. The minimum absolute atomic E-state index is 0.0386. The third kappa shape index (κ3) is 3.73. The van der Waals surface area contributed by atoms with Crippen molar-refractivity contribution in [3.05, 3.63) is 18.2 Å². The minimum atomic E-state index is -0.695. The van der Waals surface area contributed by atoms with Crippen molar-refractivity contribution in [1.82, 2.24) is 20.2 Å². The van der Waals surface area contributed by atoms with E-state index in [1.165, 1.54) is 0 Å². The maximum absolute atomic E-state index is 12.5. The maximum atomic E-state index is 12.5. The number of nitrogens with zero attached hydrogens (tertiary/aromatic N) is 2. The summed E-state index contributed by atoms with van der Waals surface area (Å²) in [5.41, 5.74) is -1.18. The lowest BCUT2D eigenvalue weighted by molar-refractivity contribution is -0.200. The molecular weight excluding hydrogens is 320 g/mol. The van der Waals surface area contributed by atoms with Gasteiger partial charge in [-0.3, -0.25) is 4.79 Å². The summed E-state index contributed by atoms with van der Waals surface area (Å²) >= 11 is 0. The Morgan fingerprint density at radius 2 is 2.24 bits per heavy atom. The largest absolute Gasteiger partial charge is 0.388 e. The molecule has 1 aromatic rings. The van der Waals surface area contributed by atoms with Crippen LogP contribution in [0.15, 0.2) is 12.4 Å². The molecule has 2 aliphatic rings. The predicted molar refractivity (Wildman–Crippen MR) is 94.2 cm³/mol. The van der Waals surface area contributed by atoms with Crippen molar-refractivity contribution < 1.29 is 14.6 Å². The summed E-state index contributed by atoms with van der Waals surface area (Å²) in [6, 6.07) is 0. The summed E-state index contributed by atoms with van der Waals surface area (Å²) in [4.78, 5) is 16.8. The lowest BCUT2D eigenvalue weighted by atomic mass is 9.73. The first-order valence-electron chi connectivity index (χ1n) is 9.33. The van der Waals surface area contributed by atoms with Gasteiger partial charge in [-0.25, -0.2) is 4.98 Å². The normalized spacial score (nSPS) is 28.8. The Labute approximate surface area is 149 Å². The van der Waals surface area contributed by atoms with Crippen LogP contribution in [0.2, 0.25) is 0 Å². The first-order chi connectivity index (χ1) is 12.0. The summed E-state index contributed by atoms with van der Waals surface area (Å²) in [6.07, 6.45) is 6.37. The monoisotopic (exact) mass is 350 g/mol. The number of amides is 1. The number of aliphatic hydroxyl groups excluding tert-OH is 1. The zero-order valence-electron chi connectivity index (χ0n) is 15.3. The highest BCUT2D eigenvalue weighted by Gasteiger charge is 2.52. The number of nitrogens with one attached hydrogen (secondary N) is 2. The van der Waals surface area contributed by atoms with E-state index in [-0.39, 0.29) is 5.91 Å². The number of ether oxygens (including phenoxy) is 1. The number of hydrogen-bond acceptors (Lipinski definition) is 5. The highest BCUT2D eigenvalue weighted by atomic mass is 16.5. The summed E-state index contributed by atoms with van der Waals surface area (Å²) < 4.78 is 8.00. The van der Waals surface area contributed by atoms with E-state index in [2.05, 4.69) is 22.5 Å². The van der Waals surface area contributed by atoms with Gasteiger partial charge in [-0.05, 0) is 39.3 Å². The lowest BCUT2D eigenvalue weighted by Crippen LogP contribution is -2.69. The molecular formula is C18H30N4O3. The molecule has 25 heavy (non-hydrogen) atoms. The van der Waals surface area contributed by atoms with E-state index in [4.69, 9.17) is 4.74 Å². The number of hydrogen-bond donors (Lipinski definition) is 3. The third-order valence-corrected chi connectivity index (χ3v) is 5.69. The molecule has 2 aliphatic heterocycles. The van der Waals surface area contributed by atoms with Gasteiger partial charge in [0, 0.05) is 38.4 Å². The highest BCUT2D eigenvalue weighted by Crippen LogP contribution is 2.38. The van der Waals surface area contributed by atoms with Gasteiger partial charge in [-0.15, -0.1) is 0 Å². The van der Waals surface area contributed by atoms with Crippen molar-refractivity contribution in [2.24, 2.45) is 0 Å². The molecule has 1 spiro atoms. The van der Waals surface area contributed by atoms with Crippen molar-refractivity contribution in [2.45, 2.75) is 69.7 Å². The molecule has 7 heteroatoms. The smallest absolute Gasteiger partial charge is 0.222 e. The number of imidazole rings is 1. The second-order valence-electron chi connectivity index (χ2n) is 7.42. The van der Waals surface area contributed by atoms with Gasteiger partial charge in [0.15, 0.2) is 0 Å². The SMILES string of the molecule is CCc1nccn1CCC(=O)N[C@]1(C)CCOC2(CCNCC2)C1O. The van der Waals surface area contributed by atoms with E-state index in [9.17, 15) is 9.90 Å². The highest BCUT2D eigenvalue weighted by molar-refractivity contribution is 5.76. The molecule has 3 rings (SSSR count). The molecule has 0 aromatic carbocycles. The quantitative estimate of drug-likeness (QED) is 0.724. The summed E-state index contributed by atoms with van der Waals surface area (Å²) in [5, 5.41) is 17.4. The van der Waals surface area contributed by atoms with Crippen molar-refractivity contribution in [3.63, 3.8) is 0 Å². The predicted octanol–water partition coefficient (Wildman–Crippen LogP) is 0.614. The molecule has 1 aromatic heterocycles. The van der Waals surface area contributed by atoms with E-state index in [1.54, 1.807) is 6.20 Å². The first-order valence-corrected chi connectivity index (χ1v) is 9.33. The van der Waals surface area contributed by atoms with Crippen molar-refractivity contribution in [3.8, 4) is 0 Å². The molecule has 2 fully saturated rings. The number of aliphatic hydroxyl groups is 1. The van der Waals surface area contributed by atoms with Gasteiger partial charge in [0.05, 0.1) is 11.1 Å². The molecule has 2 atom stereocenters. The molecule has 0 aliphatic carbocycles. The van der Waals surface area contributed by atoms with Crippen LogP contribution in [0.4, 0.5) is 0 Å². The number of aromatic nitrogens is 2. The van der Waals surface area contributed by atoms with Crippen LogP contribution < -0.4 is 10.6 Å². The number of rotatable bonds is 5. The van der Waals surface area contributed by atoms with E-state index in [0.29, 0.717) is 26.0 Å². The van der Waals surface area contributed by atoms with Crippen LogP contribution in [0.25, 0.3) is 0 Å². The summed E-state index contributed by atoms with van der Waals surface area (Å²) in [6.45, 7) is 6.83. The molecule has 0 radical (unpaired) electrons. The second kappa shape index (κ2) is 7.43. The Hall–Kier alpha value is -1.44. The van der Waals surface area contributed by atoms with Gasteiger partial charge in [0.2, 0.25) is 5.91 Å². The molecule has 0 saturated carbocycles. The number of piperidine rings is 1. The van der Waals surface area contributed by atoms with E-state index < -0.39 is 17.2 Å². The molecule has 3 N–H and O–H groups in total. The Morgan fingerprint density at radius 3 is 2.96 bits per heavy atom. The van der Waals surface area contributed by atoms with Crippen LogP contribution in [-0.2, 0) is 22.5 Å². The number of carbonyl (C=O) groups is 1. The molecule has 0 bridgehead atoms. The van der Waals surface area contributed by atoms with Crippen LogP contribution >= 0.6 is 0 Å². The molecule has 1 amide bonds. The van der Waals surface area contributed by atoms with Crippen molar-refractivity contribution in [1.29, 1.82) is 0 Å².